The number of carbonyl (C=O) groups is 2. The van der Waals surface area contributed by atoms with Gasteiger partial charge in [0.25, 0.3) is 0 Å². The number of carboxylic acids is 2. The minimum Gasteiger partial charge on any atom is -0.872 e. The zero-order chi connectivity index (χ0) is 15.1. The molecule has 0 fully saturated rings. The number of rotatable bonds is 2. The smallest absolute Gasteiger partial charge is 0.872 e. The molecular weight excluding hydrogens is 294 g/mol. The monoisotopic (exact) mass is 304 g/mol. The molecule has 2 aromatic rings. The van der Waals surface area contributed by atoms with Gasteiger partial charge in [-0.15, -0.1) is 0 Å². The van der Waals surface area contributed by atoms with E-state index in [-0.39, 0.29) is 59.5 Å². The van der Waals surface area contributed by atoms with Crippen molar-refractivity contribution in [2.75, 3.05) is 0 Å². The van der Waals surface area contributed by atoms with Crippen molar-refractivity contribution in [1.29, 1.82) is 0 Å². The molecule has 0 aliphatic carbocycles. The topological polar surface area (TPSA) is 121 Å². The Labute approximate surface area is 160 Å². The molecule has 2 rings (SSSR count). The summed E-state index contributed by atoms with van der Waals surface area (Å²) in [4.78, 5) is 20.4. The number of hydrogen-bond acceptors (Lipinski definition) is 4. The van der Waals surface area contributed by atoms with Crippen LogP contribution in [-0.4, -0.2) is 22.2 Å². The minimum absolute atomic E-state index is 0. The molecule has 0 spiro atoms. The first-order valence-electron chi connectivity index (χ1n) is 5.42. The Morgan fingerprint density at radius 1 is 0.727 bits per heavy atom. The third kappa shape index (κ3) is 7.03. The summed E-state index contributed by atoms with van der Waals surface area (Å²) in [7, 11) is 0. The van der Waals surface area contributed by atoms with Gasteiger partial charge in [0, 0.05) is 0 Å². The summed E-state index contributed by atoms with van der Waals surface area (Å²) < 4.78 is 0. The van der Waals surface area contributed by atoms with Crippen molar-refractivity contribution >= 4 is 11.9 Å². The van der Waals surface area contributed by atoms with Crippen LogP contribution in [-0.2, 0) is 0 Å². The summed E-state index contributed by atoms with van der Waals surface area (Å²) in [5.74, 6) is -3.25. The summed E-state index contributed by atoms with van der Waals surface area (Å²) in [6.45, 7) is 0. The quantitative estimate of drug-likeness (QED) is 0.536. The van der Waals surface area contributed by atoms with Gasteiger partial charge in [0.15, 0.2) is 0 Å². The molecule has 0 saturated heterocycles. The summed E-state index contributed by atoms with van der Waals surface area (Å²) >= 11 is 0. The number of aromatic carboxylic acids is 2. The van der Waals surface area contributed by atoms with Gasteiger partial charge in [0.1, 0.15) is 0 Å². The van der Waals surface area contributed by atoms with Gasteiger partial charge >= 0.3 is 60.4 Å². The molecular formula is C14H10LiNaO6. The van der Waals surface area contributed by atoms with Gasteiger partial charge in [-0.1, -0.05) is 47.9 Å². The molecule has 0 aliphatic heterocycles. The molecule has 22 heavy (non-hydrogen) atoms. The average Bonchev–Trinajstić information content (AvgIpc) is 2.40. The second-order valence-corrected chi connectivity index (χ2v) is 3.60. The molecule has 0 radical (unpaired) electrons. The van der Waals surface area contributed by atoms with Crippen molar-refractivity contribution in [2.45, 2.75) is 0 Å². The van der Waals surface area contributed by atoms with Crippen LogP contribution in [0.4, 0.5) is 0 Å². The fourth-order valence-corrected chi connectivity index (χ4v) is 1.29. The van der Waals surface area contributed by atoms with Crippen LogP contribution in [0.1, 0.15) is 20.7 Å². The summed E-state index contributed by atoms with van der Waals surface area (Å²) in [6.07, 6.45) is 0. The number of carboxylic acid groups (broad SMARTS) is 2. The molecule has 0 heterocycles. The van der Waals surface area contributed by atoms with Gasteiger partial charge in [0.05, 0.1) is 11.1 Å². The fraction of sp³-hybridized carbons (Fsp3) is 0. The van der Waals surface area contributed by atoms with E-state index in [0.717, 1.165) is 0 Å². The van der Waals surface area contributed by atoms with Crippen LogP contribution < -0.4 is 58.6 Å². The third-order valence-electron chi connectivity index (χ3n) is 2.23. The SMILES string of the molecule is O=C(O)c1ccccc1[O-].O=C(O)c1ccccc1[O-].[Li+].[Na+]. The van der Waals surface area contributed by atoms with E-state index in [1.54, 1.807) is 0 Å². The van der Waals surface area contributed by atoms with E-state index in [1.807, 2.05) is 0 Å². The number of para-hydroxylation sites is 2. The van der Waals surface area contributed by atoms with Gasteiger partial charge in [-0.2, -0.15) is 0 Å². The minimum atomic E-state index is -1.18. The maximum atomic E-state index is 10.7. The van der Waals surface area contributed by atoms with Crippen molar-refractivity contribution in [1.82, 2.24) is 0 Å². The fourth-order valence-electron chi connectivity index (χ4n) is 1.29. The van der Waals surface area contributed by atoms with Crippen LogP contribution in [0.25, 0.3) is 0 Å². The van der Waals surface area contributed by atoms with Gasteiger partial charge in [-0.3, -0.25) is 0 Å². The normalized spacial score (nSPS) is 8.36. The van der Waals surface area contributed by atoms with Crippen LogP contribution in [0, 0.1) is 0 Å². The van der Waals surface area contributed by atoms with Gasteiger partial charge in [-0.05, 0) is 12.1 Å². The van der Waals surface area contributed by atoms with Crippen molar-refractivity contribution in [2.24, 2.45) is 0 Å². The Hall–Kier alpha value is -1.42. The van der Waals surface area contributed by atoms with Crippen LogP contribution in [0.2, 0.25) is 0 Å². The molecule has 6 nitrogen and oxygen atoms in total. The largest absolute Gasteiger partial charge is 1.00 e. The summed E-state index contributed by atoms with van der Waals surface area (Å²) in [5, 5.41) is 38.1. The molecule has 0 unspecified atom stereocenters. The first kappa shape index (κ1) is 22.9. The Balaban J connectivity index is 0. The maximum Gasteiger partial charge on any atom is 1.00 e. The second kappa shape index (κ2) is 11.2. The molecule has 104 valence electrons. The van der Waals surface area contributed by atoms with Crippen molar-refractivity contribution in [3.05, 3.63) is 59.7 Å². The molecule has 0 aliphatic rings. The van der Waals surface area contributed by atoms with E-state index >= 15 is 0 Å². The average molecular weight is 304 g/mol. The first-order valence-corrected chi connectivity index (χ1v) is 5.42. The van der Waals surface area contributed by atoms with Crippen molar-refractivity contribution in [3.63, 3.8) is 0 Å². The number of benzene rings is 2. The molecule has 8 heteroatoms. The predicted molar refractivity (Wildman–Crippen MR) is 65.7 cm³/mol. The van der Waals surface area contributed by atoms with Gasteiger partial charge in [-0.25, -0.2) is 9.59 Å². The zero-order valence-electron chi connectivity index (χ0n) is 12.1. The van der Waals surface area contributed by atoms with Gasteiger partial charge < -0.3 is 20.4 Å². The standard InChI is InChI=1S/2C7H6O3.Li.Na/c2*8-6-4-2-1-3-5(6)7(9)10;;/h2*1-4,8H,(H,9,10);;/q;;2*+1/p-2. The van der Waals surface area contributed by atoms with E-state index < -0.39 is 23.4 Å². The van der Waals surface area contributed by atoms with Crippen molar-refractivity contribution in [3.8, 4) is 11.5 Å². The first-order chi connectivity index (χ1) is 9.43. The predicted octanol–water partition coefficient (Wildman–Crippen LogP) is -5.08. The van der Waals surface area contributed by atoms with Crippen LogP contribution in [0.5, 0.6) is 11.5 Å². The van der Waals surface area contributed by atoms with Crippen LogP contribution >= 0.6 is 0 Å². The van der Waals surface area contributed by atoms with Crippen LogP contribution in [0.15, 0.2) is 48.5 Å². The maximum absolute atomic E-state index is 10.7. The Morgan fingerprint density at radius 2 is 1.00 bits per heavy atom. The van der Waals surface area contributed by atoms with Crippen LogP contribution in [0.3, 0.4) is 0 Å². The summed E-state index contributed by atoms with van der Waals surface area (Å²) in [5.41, 5.74) is -0.356. The molecule has 2 N–H and O–H groups in total. The van der Waals surface area contributed by atoms with Gasteiger partial charge in [0.2, 0.25) is 0 Å². The summed E-state index contributed by atoms with van der Waals surface area (Å²) in [6, 6.07) is 11.1. The molecule has 2 aromatic carbocycles. The van der Waals surface area contributed by atoms with Crippen molar-refractivity contribution < 1.29 is 78.4 Å². The zero-order valence-corrected chi connectivity index (χ0v) is 14.1. The Bertz CT molecular complexity index is 577. The van der Waals surface area contributed by atoms with E-state index in [9.17, 15) is 19.8 Å². The Kier molecular flexibility index (Phi) is 11.6. The number of hydrogen-bond donors (Lipinski definition) is 2. The van der Waals surface area contributed by atoms with E-state index in [0.29, 0.717) is 0 Å². The second-order valence-electron chi connectivity index (χ2n) is 3.60. The van der Waals surface area contributed by atoms with E-state index in [2.05, 4.69) is 0 Å². The molecule has 0 amide bonds. The van der Waals surface area contributed by atoms with E-state index in [4.69, 9.17) is 10.2 Å². The van der Waals surface area contributed by atoms with E-state index in [1.165, 1.54) is 48.5 Å². The molecule has 0 atom stereocenters. The molecule has 0 saturated carbocycles. The third-order valence-corrected chi connectivity index (χ3v) is 2.23. The molecule has 0 aromatic heterocycles. The Morgan fingerprint density at radius 3 is 1.18 bits per heavy atom. The molecule has 0 bridgehead atoms.